The summed E-state index contributed by atoms with van der Waals surface area (Å²) in [5, 5.41) is 3.72. The zero-order valence-corrected chi connectivity index (χ0v) is 12.7. The van der Waals surface area contributed by atoms with Gasteiger partial charge in [-0.25, -0.2) is 13.1 Å². The molecule has 2 aliphatic rings. The number of aryl methyl sites for hydroxylation is 2. The molecule has 1 saturated heterocycles. The van der Waals surface area contributed by atoms with Crippen LogP contribution in [-0.2, 0) is 10.0 Å². The fourth-order valence-corrected chi connectivity index (χ4v) is 4.49. The van der Waals surface area contributed by atoms with Gasteiger partial charge in [-0.15, -0.1) is 0 Å². The van der Waals surface area contributed by atoms with Gasteiger partial charge in [0.05, 0.1) is 0 Å². The molecule has 20 heavy (non-hydrogen) atoms. The van der Waals surface area contributed by atoms with Crippen molar-refractivity contribution in [2.75, 3.05) is 19.6 Å². The Hall–Kier alpha value is -0.920. The second-order valence-electron chi connectivity index (χ2n) is 5.96. The molecule has 7 heteroatoms. The molecule has 0 radical (unpaired) electrons. The quantitative estimate of drug-likeness (QED) is 0.879. The molecule has 1 aliphatic heterocycles. The molecule has 1 N–H and O–H groups in total. The van der Waals surface area contributed by atoms with Gasteiger partial charge in [-0.05, 0) is 45.6 Å². The van der Waals surface area contributed by atoms with Crippen molar-refractivity contribution in [2.24, 2.45) is 5.92 Å². The Balaban J connectivity index is 1.65. The van der Waals surface area contributed by atoms with Crippen LogP contribution in [-0.4, -0.2) is 44.2 Å². The SMILES string of the molecule is Cc1noc(C)c1S(=O)(=O)NC1CCN(CC2CC2)C1. The number of hydrogen-bond acceptors (Lipinski definition) is 5. The third kappa shape index (κ3) is 2.89. The number of sulfonamides is 1. The summed E-state index contributed by atoms with van der Waals surface area (Å²) in [6.45, 7) is 6.18. The Morgan fingerprint density at radius 1 is 1.35 bits per heavy atom. The molecule has 1 saturated carbocycles. The predicted octanol–water partition coefficient (Wildman–Crippen LogP) is 1.05. The lowest BCUT2D eigenvalue weighted by molar-refractivity contribution is 0.318. The van der Waals surface area contributed by atoms with E-state index in [1.54, 1.807) is 13.8 Å². The molecule has 112 valence electrons. The Morgan fingerprint density at radius 3 is 2.70 bits per heavy atom. The Morgan fingerprint density at radius 2 is 2.10 bits per heavy atom. The zero-order valence-electron chi connectivity index (χ0n) is 11.9. The molecule has 6 nitrogen and oxygen atoms in total. The van der Waals surface area contributed by atoms with Crippen LogP contribution in [0.3, 0.4) is 0 Å². The average Bonchev–Trinajstić information content (AvgIpc) is 2.95. The van der Waals surface area contributed by atoms with Crippen LogP contribution < -0.4 is 4.72 Å². The predicted molar refractivity (Wildman–Crippen MR) is 73.9 cm³/mol. The van der Waals surface area contributed by atoms with E-state index in [9.17, 15) is 8.42 Å². The van der Waals surface area contributed by atoms with Gasteiger partial charge in [-0.1, -0.05) is 5.16 Å². The third-order valence-corrected chi connectivity index (χ3v) is 5.81. The topological polar surface area (TPSA) is 75.4 Å². The smallest absolute Gasteiger partial charge is 0.246 e. The number of likely N-dealkylation sites (tertiary alicyclic amines) is 1. The van der Waals surface area contributed by atoms with Crippen LogP contribution in [0.4, 0.5) is 0 Å². The number of hydrogen-bond donors (Lipinski definition) is 1. The van der Waals surface area contributed by atoms with Crippen molar-refractivity contribution in [3.8, 4) is 0 Å². The molecule has 0 spiro atoms. The molecule has 2 fully saturated rings. The van der Waals surface area contributed by atoms with Gasteiger partial charge in [-0.2, -0.15) is 0 Å². The van der Waals surface area contributed by atoms with Gasteiger partial charge >= 0.3 is 0 Å². The lowest BCUT2D eigenvalue weighted by Crippen LogP contribution is -2.37. The normalized spacial score (nSPS) is 24.4. The van der Waals surface area contributed by atoms with Crippen molar-refractivity contribution < 1.29 is 12.9 Å². The summed E-state index contributed by atoms with van der Waals surface area (Å²) < 4.78 is 32.5. The van der Waals surface area contributed by atoms with Crippen molar-refractivity contribution >= 4 is 10.0 Å². The Kier molecular flexibility index (Phi) is 3.60. The van der Waals surface area contributed by atoms with Gasteiger partial charge < -0.3 is 9.42 Å². The highest BCUT2D eigenvalue weighted by Gasteiger charge is 2.33. The molecular formula is C13H21N3O3S. The van der Waals surface area contributed by atoms with E-state index < -0.39 is 10.0 Å². The third-order valence-electron chi connectivity index (χ3n) is 4.04. The van der Waals surface area contributed by atoms with Crippen molar-refractivity contribution in [1.82, 2.24) is 14.8 Å². The maximum atomic E-state index is 12.4. The molecular weight excluding hydrogens is 278 g/mol. The minimum Gasteiger partial charge on any atom is -0.360 e. The maximum Gasteiger partial charge on any atom is 0.246 e. The summed E-state index contributed by atoms with van der Waals surface area (Å²) in [6.07, 6.45) is 3.52. The molecule has 1 atom stereocenters. The van der Waals surface area contributed by atoms with Crippen LogP contribution in [0.25, 0.3) is 0 Å². The van der Waals surface area contributed by atoms with Crippen molar-refractivity contribution in [3.05, 3.63) is 11.5 Å². The van der Waals surface area contributed by atoms with E-state index in [0.717, 1.165) is 32.0 Å². The van der Waals surface area contributed by atoms with E-state index in [1.807, 2.05) is 0 Å². The van der Waals surface area contributed by atoms with Gasteiger partial charge in [0.25, 0.3) is 0 Å². The summed E-state index contributed by atoms with van der Waals surface area (Å²) in [6, 6.07) is -0.00699. The van der Waals surface area contributed by atoms with E-state index in [4.69, 9.17) is 4.52 Å². The van der Waals surface area contributed by atoms with Crippen LogP contribution in [0, 0.1) is 19.8 Å². The highest BCUT2D eigenvalue weighted by atomic mass is 32.2. The lowest BCUT2D eigenvalue weighted by Gasteiger charge is -2.16. The lowest BCUT2D eigenvalue weighted by atomic mass is 10.3. The van der Waals surface area contributed by atoms with E-state index in [1.165, 1.54) is 12.8 Å². The summed E-state index contributed by atoms with van der Waals surface area (Å²) in [5.74, 6) is 1.19. The molecule has 1 aliphatic carbocycles. The Bertz CT molecular complexity index is 573. The summed E-state index contributed by atoms with van der Waals surface area (Å²) in [4.78, 5) is 2.55. The first-order chi connectivity index (χ1) is 9.45. The molecule has 1 unspecified atom stereocenters. The van der Waals surface area contributed by atoms with Gasteiger partial charge in [0.2, 0.25) is 10.0 Å². The largest absolute Gasteiger partial charge is 0.360 e. The molecule has 1 aromatic heterocycles. The van der Waals surface area contributed by atoms with Crippen molar-refractivity contribution in [3.63, 3.8) is 0 Å². The summed E-state index contributed by atoms with van der Waals surface area (Å²) in [5.41, 5.74) is 0.419. The maximum absolute atomic E-state index is 12.4. The molecule has 0 aromatic carbocycles. The molecule has 3 rings (SSSR count). The van der Waals surface area contributed by atoms with Crippen molar-refractivity contribution in [2.45, 2.75) is 44.0 Å². The molecule has 1 aromatic rings. The fraction of sp³-hybridized carbons (Fsp3) is 0.769. The number of aromatic nitrogens is 1. The van der Waals surface area contributed by atoms with Gasteiger partial charge in [-0.3, -0.25) is 0 Å². The zero-order chi connectivity index (χ0) is 14.3. The van der Waals surface area contributed by atoms with Gasteiger partial charge in [0, 0.05) is 19.1 Å². The first-order valence-corrected chi connectivity index (χ1v) is 8.61. The number of rotatable bonds is 5. The number of nitrogens with one attached hydrogen (secondary N) is 1. The highest BCUT2D eigenvalue weighted by Crippen LogP contribution is 2.31. The minimum absolute atomic E-state index is 0.00699. The fourth-order valence-electron chi connectivity index (χ4n) is 2.90. The first-order valence-electron chi connectivity index (χ1n) is 7.13. The highest BCUT2D eigenvalue weighted by molar-refractivity contribution is 7.89. The second-order valence-corrected chi connectivity index (χ2v) is 7.61. The van der Waals surface area contributed by atoms with Crippen LogP contribution >= 0.6 is 0 Å². The van der Waals surface area contributed by atoms with Gasteiger partial charge in [0.15, 0.2) is 5.76 Å². The van der Waals surface area contributed by atoms with Crippen LogP contribution in [0.15, 0.2) is 9.42 Å². The van der Waals surface area contributed by atoms with E-state index in [2.05, 4.69) is 14.8 Å². The van der Waals surface area contributed by atoms with E-state index in [0.29, 0.717) is 11.5 Å². The van der Waals surface area contributed by atoms with Crippen molar-refractivity contribution in [1.29, 1.82) is 0 Å². The second kappa shape index (κ2) is 5.13. The molecule has 0 amide bonds. The standard InChI is InChI=1S/C13H21N3O3S/c1-9-13(10(2)19-14-9)20(17,18)15-12-5-6-16(8-12)7-11-3-4-11/h11-12,15H,3-8H2,1-2H3. The molecule has 0 bridgehead atoms. The van der Waals surface area contributed by atoms with E-state index in [-0.39, 0.29) is 10.9 Å². The van der Waals surface area contributed by atoms with E-state index >= 15 is 0 Å². The van der Waals surface area contributed by atoms with Gasteiger partial charge in [0.1, 0.15) is 10.6 Å². The number of nitrogens with zero attached hydrogens (tertiary/aromatic N) is 2. The summed E-state index contributed by atoms with van der Waals surface area (Å²) >= 11 is 0. The average molecular weight is 299 g/mol. The van der Waals surface area contributed by atoms with Crippen LogP contribution in [0.2, 0.25) is 0 Å². The van der Waals surface area contributed by atoms with Crippen LogP contribution in [0.1, 0.15) is 30.7 Å². The summed E-state index contributed by atoms with van der Waals surface area (Å²) in [7, 11) is -3.53. The first kappa shape index (κ1) is 14.0. The van der Waals surface area contributed by atoms with Crippen LogP contribution in [0.5, 0.6) is 0 Å². The monoisotopic (exact) mass is 299 g/mol. The Labute approximate surface area is 119 Å². The molecule has 2 heterocycles. The minimum atomic E-state index is -3.53.